The normalized spacial score (nSPS) is 14.9. The highest BCUT2D eigenvalue weighted by Crippen LogP contribution is 2.30. The van der Waals surface area contributed by atoms with Gasteiger partial charge < -0.3 is 4.90 Å². The molecule has 0 aromatic heterocycles. The van der Waals surface area contributed by atoms with E-state index in [9.17, 15) is 0 Å². The number of fused-ring (bicyclic) bond motifs is 1. The summed E-state index contributed by atoms with van der Waals surface area (Å²) >= 11 is 0. The van der Waals surface area contributed by atoms with E-state index < -0.39 is 0 Å². The zero-order valence-corrected chi connectivity index (χ0v) is 14.0. The summed E-state index contributed by atoms with van der Waals surface area (Å²) in [7, 11) is 0. The van der Waals surface area contributed by atoms with Crippen LogP contribution in [-0.4, -0.2) is 5.84 Å². The van der Waals surface area contributed by atoms with Crippen LogP contribution in [0.5, 0.6) is 0 Å². The molecule has 2 heteroatoms. The smallest absolute Gasteiger partial charge is 0.141 e. The topological polar surface area (TPSA) is 15.6 Å². The van der Waals surface area contributed by atoms with Crippen molar-refractivity contribution in [3.63, 3.8) is 0 Å². The number of aryl methyl sites for hydroxylation is 2. The Morgan fingerprint density at radius 2 is 1.38 bits per heavy atom. The molecule has 0 fully saturated rings. The second kappa shape index (κ2) is 5.97. The zero-order valence-electron chi connectivity index (χ0n) is 14.0. The minimum Gasteiger partial charge on any atom is -0.321 e. The molecule has 0 aliphatic carbocycles. The largest absolute Gasteiger partial charge is 0.321 e. The Morgan fingerprint density at radius 1 is 0.750 bits per heavy atom. The van der Waals surface area contributed by atoms with E-state index in [4.69, 9.17) is 4.99 Å². The average Bonchev–Trinajstić information content (AvgIpc) is 2.96. The highest BCUT2D eigenvalue weighted by atomic mass is 15.2. The first kappa shape index (κ1) is 14.7. The second-order valence-corrected chi connectivity index (χ2v) is 6.35. The summed E-state index contributed by atoms with van der Waals surface area (Å²) < 4.78 is 0. The first-order chi connectivity index (χ1) is 11.7. The molecule has 0 N–H and O–H groups in total. The summed E-state index contributed by atoms with van der Waals surface area (Å²) in [6, 6.07) is 25.6. The Hall–Kier alpha value is -2.87. The van der Waals surface area contributed by atoms with E-state index in [-0.39, 0.29) is 0 Å². The molecule has 3 aromatic rings. The minimum absolute atomic E-state index is 0.865. The number of aliphatic imine (C=N–C) groups is 1. The molecule has 0 bridgehead atoms. The van der Waals surface area contributed by atoms with Crippen molar-refractivity contribution in [2.24, 2.45) is 4.99 Å². The molecule has 3 aromatic carbocycles. The minimum atomic E-state index is 0.865. The molecular weight excluding hydrogens is 292 g/mol. The first-order valence-electron chi connectivity index (χ1n) is 8.28. The Kier molecular flexibility index (Phi) is 3.66. The van der Waals surface area contributed by atoms with Crippen LogP contribution in [0.4, 0.5) is 11.4 Å². The molecule has 0 amide bonds. The van der Waals surface area contributed by atoms with Gasteiger partial charge in [0.25, 0.3) is 0 Å². The zero-order chi connectivity index (χ0) is 16.5. The lowest BCUT2D eigenvalue weighted by Gasteiger charge is -2.19. The van der Waals surface area contributed by atoms with Crippen molar-refractivity contribution < 1.29 is 0 Å². The molecule has 24 heavy (non-hydrogen) atoms. The molecule has 2 nitrogen and oxygen atoms in total. The molecule has 0 radical (unpaired) electrons. The van der Waals surface area contributed by atoms with Crippen LogP contribution in [0.3, 0.4) is 0 Å². The van der Waals surface area contributed by atoms with Crippen LogP contribution in [-0.2, 0) is 6.54 Å². The third-order valence-electron chi connectivity index (χ3n) is 4.46. The molecule has 0 atom stereocenters. The van der Waals surface area contributed by atoms with Crippen LogP contribution in [0, 0.1) is 13.8 Å². The first-order valence-corrected chi connectivity index (χ1v) is 8.28. The van der Waals surface area contributed by atoms with Crippen LogP contribution < -0.4 is 4.90 Å². The number of anilines is 1. The van der Waals surface area contributed by atoms with E-state index in [0.717, 1.165) is 18.1 Å². The average molecular weight is 312 g/mol. The van der Waals surface area contributed by atoms with E-state index in [1.165, 1.54) is 27.9 Å². The fraction of sp³-hybridized carbons (Fsp3) is 0.136. The van der Waals surface area contributed by atoms with Crippen molar-refractivity contribution >= 4 is 17.2 Å². The molecule has 4 rings (SSSR count). The highest BCUT2D eigenvalue weighted by Gasteiger charge is 2.26. The number of hydrogen-bond acceptors (Lipinski definition) is 1. The fourth-order valence-corrected chi connectivity index (χ4v) is 3.07. The number of amidine groups is 1. The van der Waals surface area contributed by atoms with Gasteiger partial charge in [-0.15, -0.1) is 0 Å². The van der Waals surface area contributed by atoms with Crippen molar-refractivity contribution in [3.8, 4) is 0 Å². The third kappa shape index (κ3) is 2.71. The van der Waals surface area contributed by atoms with Crippen molar-refractivity contribution in [2.75, 3.05) is 4.90 Å². The Balaban J connectivity index is 1.81. The number of nitrogens with zero attached hydrogens (tertiary/aromatic N) is 2. The fourth-order valence-electron chi connectivity index (χ4n) is 3.07. The van der Waals surface area contributed by atoms with E-state index in [1.54, 1.807) is 0 Å². The van der Waals surface area contributed by atoms with Gasteiger partial charge in [-0.05, 0) is 43.7 Å². The van der Waals surface area contributed by atoms with Gasteiger partial charge >= 0.3 is 0 Å². The van der Waals surface area contributed by atoms with E-state index in [1.807, 2.05) is 0 Å². The van der Waals surface area contributed by atoms with Gasteiger partial charge in [0.1, 0.15) is 5.84 Å². The van der Waals surface area contributed by atoms with Gasteiger partial charge in [0.05, 0.1) is 12.2 Å². The summed E-state index contributed by atoms with van der Waals surface area (Å²) in [6.45, 7) is 5.08. The van der Waals surface area contributed by atoms with Gasteiger partial charge in [-0.1, -0.05) is 59.7 Å². The molecule has 1 aliphatic heterocycles. The molecule has 0 spiro atoms. The maximum Gasteiger partial charge on any atom is 0.141 e. The number of hydrogen-bond donors (Lipinski definition) is 0. The van der Waals surface area contributed by atoms with Gasteiger partial charge in [0.2, 0.25) is 0 Å². The monoisotopic (exact) mass is 312 g/mol. The Labute approximate surface area is 143 Å². The molecule has 0 saturated carbocycles. The molecule has 0 unspecified atom stereocenters. The van der Waals surface area contributed by atoms with E-state index in [2.05, 4.69) is 91.5 Å². The summed E-state index contributed by atoms with van der Waals surface area (Å²) in [6.07, 6.45) is 0. The van der Waals surface area contributed by atoms with Gasteiger partial charge in [-0.3, -0.25) is 0 Å². The predicted octanol–water partition coefficient (Wildman–Crippen LogP) is 5.40. The van der Waals surface area contributed by atoms with Gasteiger partial charge in [0, 0.05) is 11.3 Å². The maximum absolute atomic E-state index is 4.96. The van der Waals surface area contributed by atoms with E-state index >= 15 is 0 Å². The third-order valence-corrected chi connectivity index (χ3v) is 4.46. The van der Waals surface area contributed by atoms with Crippen molar-refractivity contribution in [3.05, 3.63) is 95.1 Å². The Morgan fingerprint density at radius 3 is 2.08 bits per heavy atom. The summed E-state index contributed by atoms with van der Waals surface area (Å²) in [4.78, 5) is 7.26. The summed E-state index contributed by atoms with van der Waals surface area (Å²) in [5.74, 6) is 1.03. The number of rotatable bonds is 2. The van der Waals surface area contributed by atoms with Crippen LogP contribution in [0.2, 0.25) is 0 Å². The lowest BCUT2D eigenvalue weighted by atomic mass is 10.1. The SMILES string of the molecule is Cc1ccc(N=C2c3ccccc3CN2c2ccc(C)cc2)cc1. The molecule has 0 saturated heterocycles. The number of benzene rings is 3. The maximum atomic E-state index is 4.96. The second-order valence-electron chi connectivity index (χ2n) is 6.35. The van der Waals surface area contributed by atoms with Crippen LogP contribution in [0.1, 0.15) is 22.3 Å². The molecule has 118 valence electrons. The van der Waals surface area contributed by atoms with Gasteiger partial charge in [-0.25, -0.2) is 4.99 Å². The van der Waals surface area contributed by atoms with Gasteiger partial charge in [-0.2, -0.15) is 0 Å². The predicted molar refractivity (Wildman–Crippen MR) is 101 cm³/mol. The Bertz CT molecular complexity index is 890. The van der Waals surface area contributed by atoms with Crippen molar-refractivity contribution in [2.45, 2.75) is 20.4 Å². The van der Waals surface area contributed by atoms with Crippen LogP contribution in [0.25, 0.3) is 0 Å². The lowest BCUT2D eigenvalue weighted by Crippen LogP contribution is -2.23. The molecule has 1 heterocycles. The quantitative estimate of drug-likeness (QED) is 0.618. The molecular formula is C22H20N2. The van der Waals surface area contributed by atoms with Crippen LogP contribution >= 0.6 is 0 Å². The van der Waals surface area contributed by atoms with Crippen molar-refractivity contribution in [1.29, 1.82) is 0 Å². The van der Waals surface area contributed by atoms with E-state index in [0.29, 0.717) is 0 Å². The molecule has 1 aliphatic rings. The highest BCUT2D eigenvalue weighted by molar-refractivity contribution is 6.14. The lowest BCUT2D eigenvalue weighted by molar-refractivity contribution is 1.05. The van der Waals surface area contributed by atoms with Crippen LogP contribution in [0.15, 0.2) is 77.8 Å². The standard InChI is InChI=1S/C22H20N2/c1-16-7-11-19(12-8-16)23-22-21-6-4-3-5-18(21)15-24(22)20-13-9-17(2)10-14-20/h3-14H,15H2,1-2H3. The van der Waals surface area contributed by atoms with Crippen molar-refractivity contribution in [1.82, 2.24) is 0 Å². The summed E-state index contributed by atoms with van der Waals surface area (Å²) in [5.41, 5.74) is 7.24. The summed E-state index contributed by atoms with van der Waals surface area (Å²) in [5, 5.41) is 0. The van der Waals surface area contributed by atoms with Gasteiger partial charge in [0.15, 0.2) is 0 Å².